The van der Waals surface area contributed by atoms with E-state index in [1.165, 1.54) is 5.56 Å². The van der Waals surface area contributed by atoms with Gasteiger partial charge in [0.2, 0.25) is 5.91 Å². The standard InChI is InChI=1S/C17H28N2O2/c1-6-19(17(20)13(3)14(4)18)12(2)11-15-7-9-16(21-5)10-8-15/h7-10,12-14H,6,11,18H2,1-5H3. The maximum atomic E-state index is 12.5. The summed E-state index contributed by atoms with van der Waals surface area (Å²) in [6.45, 7) is 8.57. The Hall–Kier alpha value is -1.55. The SMILES string of the molecule is CCN(C(=O)C(C)C(C)N)C(C)Cc1ccc(OC)cc1. The highest BCUT2D eigenvalue weighted by molar-refractivity contribution is 5.79. The summed E-state index contributed by atoms with van der Waals surface area (Å²) in [5.74, 6) is 0.831. The van der Waals surface area contributed by atoms with E-state index in [0.29, 0.717) is 6.54 Å². The zero-order valence-electron chi connectivity index (χ0n) is 13.8. The van der Waals surface area contributed by atoms with Crippen LogP contribution in [0, 0.1) is 5.92 Å². The van der Waals surface area contributed by atoms with Gasteiger partial charge in [-0.05, 0) is 44.9 Å². The van der Waals surface area contributed by atoms with Crippen molar-refractivity contribution >= 4 is 5.91 Å². The minimum atomic E-state index is -0.150. The summed E-state index contributed by atoms with van der Waals surface area (Å²) >= 11 is 0. The Labute approximate surface area is 128 Å². The largest absolute Gasteiger partial charge is 0.497 e. The van der Waals surface area contributed by atoms with Gasteiger partial charge in [0.05, 0.1) is 13.0 Å². The molecule has 0 saturated heterocycles. The number of hydrogen-bond donors (Lipinski definition) is 1. The highest BCUT2D eigenvalue weighted by atomic mass is 16.5. The molecule has 0 spiro atoms. The number of carbonyl (C=O) groups is 1. The van der Waals surface area contributed by atoms with Crippen molar-refractivity contribution in [2.24, 2.45) is 11.7 Å². The quantitative estimate of drug-likeness (QED) is 0.840. The van der Waals surface area contributed by atoms with Crippen LogP contribution < -0.4 is 10.5 Å². The van der Waals surface area contributed by atoms with Crippen LogP contribution in [0.3, 0.4) is 0 Å². The lowest BCUT2D eigenvalue weighted by Crippen LogP contribution is -2.46. The van der Waals surface area contributed by atoms with Gasteiger partial charge in [0, 0.05) is 18.6 Å². The maximum absolute atomic E-state index is 12.5. The van der Waals surface area contributed by atoms with Gasteiger partial charge in [0.1, 0.15) is 5.75 Å². The molecule has 1 aromatic rings. The summed E-state index contributed by atoms with van der Waals surface area (Å²) < 4.78 is 5.16. The molecular weight excluding hydrogens is 264 g/mol. The zero-order valence-corrected chi connectivity index (χ0v) is 13.8. The average molecular weight is 292 g/mol. The van der Waals surface area contributed by atoms with Crippen LogP contribution in [0.4, 0.5) is 0 Å². The van der Waals surface area contributed by atoms with E-state index in [1.54, 1.807) is 7.11 Å². The second-order valence-electron chi connectivity index (χ2n) is 5.67. The van der Waals surface area contributed by atoms with Gasteiger partial charge >= 0.3 is 0 Å². The first kappa shape index (κ1) is 17.5. The third kappa shape index (κ3) is 4.74. The van der Waals surface area contributed by atoms with Gasteiger partial charge in [-0.2, -0.15) is 0 Å². The van der Waals surface area contributed by atoms with E-state index < -0.39 is 0 Å². The van der Waals surface area contributed by atoms with Gasteiger partial charge in [-0.3, -0.25) is 4.79 Å². The molecule has 0 aliphatic heterocycles. The van der Waals surface area contributed by atoms with E-state index in [9.17, 15) is 4.79 Å². The molecule has 4 nitrogen and oxygen atoms in total. The number of ether oxygens (including phenoxy) is 1. The molecule has 0 bridgehead atoms. The van der Waals surface area contributed by atoms with Crippen molar-refractivity contribution in [1.82, 2.24) is 4.90 Å². The van der Waals surface area contributed by atoms with E-state index >= 15 is 0 Å². The number of rotatable bonds is 7. The number of hydrogen-bond acceptors (Lipinski definition) is 3. The maximum Gasteiger partial charge on any atom is 0.227 e. The molecule has 1 rings (SSSR count). The predicted octanol–water partition coefficient (Wildman–Crippen LogP) is 2.46. The molecule has 4 heteroatoms. The van der Waals surface area contributed by atoms with Crippen molar-refractivity contribution in [3.63, 3.8) is 0 Å². The van der Waals surface area contributed by atoms with Crippen molar-refractivity contribution < 1.29 is 9.53 Å². The van der Waals surface area contributed by atoms with Crippen molar-refractivity contribution in [1.29, 1.82) is 0 Å². The predicted molar refractivity (Wildman–Crippen MR) is 86.4 cm³/mol. The van der Waals surface area contributed by atoms with Crippen LogP contribution in [0.25, 0.3) is 0 Å². The smallest absolute Gasteiger partial charge is 0.227 e. The van der Waals surface area contributed by atoms with Gasteiger partial charge in [-0.25, -0.2) is 0 Å². The fourth-order valence-corrected chi connectivity index (χ4v) is 2.38. The minimum absolute atomic E-state index is 0.125. The lowest BCUT2D eigenvalue weighted by molar-refractivity contribution is -0.137. The number of methoxy groups -OCH3 is 1. The molecule has 0 radical (unpaired) electrons. The minimum Gasteiger partial charge on any atom is -0.497 e. The molecule has 0 aliphatic carbocycles. The number of carbonyl (C=O) groups excluding carboxylic acids is 1. The molecule has 0 fully saturated rings. The highest BCUT2D eigenvalue weighted by Gasteiger charge is 2.25. The Morgan fingerprint density at radius 1 is 1.24 bits per heavy atom. The third-order valence-electron chi connectivity index (χ3n) is 4.02. The molecule has 0 saturated carbocycles. The number of benzene rings is 1. The Morgan fingerprint density at radius 3 is 2.24 bits per heavy atom. The van der Waals surface area contributed by atoms with Crippen molar-refractivity contribution in [3.8, 4) is 5.75 Å². The van der Waals surface area contributed by atoms with Gasteiger partial charge in [-0.15, -0.1) is 0 Å². The molecule has 0 heterocycles. The first-order chi connectivity index (χ1) is 9.90. The first-order valence-corrected chi connectivity index (χ1v) is 7.59. The molecule has 1 amide bonds. The van der Waals surface area contributed by atoms with Crippen molar-refractivity contribution in [2.45, 2.75) is 46.2 Å². The lowest BCUT2D eigenvalue weighted by atomic mass is 10.00. The van der Waals surface area contributed by atoms with Crippen LogP contribution in [-0.4, -0.2) is 36.5 Å². The van der Waals surface area contributed by atoms with Gasteiger partial charge in [-0.1, -0.05) is 19.1 Å². The molecule has 1 aromatic carbocycles. The Bertz CT molecular complexity index is 443. The Morgan fingerprint density at radius 2 is 1.81 bits per heavy atom. The summed E-state index contributed by atoms with van der Waals surface area (Å²) in [6.07, 6.45) is 0.829. The van der Waals surface area contributed by atoms with E-state index in [-0.39, 0.29) is 23.9 Å². The van der Waals surface area contributed by atoms with E-state index in [2.05, 4.69) is 6.92 Å². The van der Waals surface area contributed by atoms with E-state index in [4.69, 9.17) is 10.5 Å². The highest BCUT2D eigenvalue weighted by Crippen LogP contribution is 2.16. The summed E-state index contributed by atoms with van der Waals surface area (Å²) in [6, 6.07) is 8.01. The number of likely N-dealkylation sites (N-methyl/N-ethyl adjacent to an activating group) is 1. The Kier molecular flexibility index (Phi) is 6.69. The van der Waals surface area contributed by atoms with Gasteiger partial charge in [0.15, 0.2) is 0 Å². The summed E-state index contributed by atoms with van der Waals surface area (Å²) in [5.41, 5.74) is 7.05. The van der Waals surface area contributed by atoms with Crippen LogP contribution in [-0.2, 0) is 11.2 Å². The molecule has 0 aromatic heterocycles. The third-order valence-corrected chi connectivity index (χ3v) is 4.02. The van der Waals surface area contributed by atoms with Gasteiger partial charge in [0.25, 0.3) is 0 Å². The van der Waals surface area contributed by atoms with Crippen LogP contribution in [0.15, 0.2) is 24.3 Å². The molecule has 3 atom stereocenters. The zero-order chi connectivity index (χ0) is 16.0. The number of amides is 1. The second-order valence-corrected chi connectivity index (χ2v) is 5.67. The molecule has 21 heavy (non-hydrogen) atoms. The first-order valence-electron chi connectivity index (χ1n) is 7.59. The van der Waals surface area contributed by atoms with E-state index in [0.717, 1.165) is 12.2 Å². The average Bonchev–Trinajstić information content (AvgIpc) is 2.47. The molecule has 0 aliphatic rings. The van der Waals surface area contributed by atoms with Gasteiger partial charge < -0.3 is 15.4 Å². The van der Waals surface area contributed by atoms with Crippen LogP contribution in [0.1, 0.15) is 33.3 Å². The number of nitrogens with zero attached hydrogens (tertiary/aromatic N) is 1. The van der Waals surface area contributed by atoms with Crippen molar-refractivity contribution in [3.05, 3.63) is 29.8 Å². The summed E-state index contributed by atoms with van der Waals surface area (Å²) in [5, 5.41) is 0. The topological polar surface area (TPSA) is 55.6 Å². The lowest BCUT2D eigenvalue weighted by Gasteiger charge is -2.31. The molecule has 2 N–H and O–H groups in total. The molecule has 118 valence electrons. The fraction of sp³-hybridized carbons (Fsp3) is 0.588. The van der Waals surface area contributed by atoms with Crippen LogP contribution >= 0.6 is 0 Å². The molecule has 3 unspecified atom stereocenters. The normalized spacial score (nSPS) is 15.1. The molecular formula is C17H28N2O2. The van der Waals surface area contributed by atoms with Crippen molar-refractivity contribution in [2.75, 3.05) is 13.7 Å². The van der Waals surface area contributed by atoms with E-state index in [1.807, 2.05) is 49.9 Å². The Balaban J connectivity index is 2.74. The van der Waals surface area contributed by atoms with Crippen LogP contribution in [0.5, 0.6) is 5.75 Å². The van der Waals surface area contributed by atoms with Crippen LogP contribution in [0.2, 0.25) is 0 Å². The second kappa shape index (κ2) is 8.03. The summed E-state index contributed by atoms with van der Waals surface area (Å²) in [7, 11) is 1.66. The summed E-state index contributed by atoms with van der Waals surface area (Å²) in [4.78, 5) is 14.4. The number of nitrogens with two attached hydrogens (primary N) is 1. The monoisotopic (exact) mass is 292 g/mol. The fourth-order valence-electron chi connectivity index (χ4n) is 2.38.